The molecule has 0 fully saturated rings. The molecule has 4 rings (SSSR count). The van der Waals surface area contributed by atoms with Crippen LogP contribution in [0.5, 0.6) is 11.5 Å². The lowest BCUT2D eigenvalue weighted by Gasteiger charge is -2.27. The first-order chi connectivity index (χ1) is 12.3. The van der Waals surface area contributed by atoms with Crippen molar-refractivity contribution in [1.29, 1.82) is 0 Å². The number of fused-ring (bicyclic) bond motifs is 2. The number of hydrogen-bond donors (Lipinski definition) is 2. The van der Waals surface area contributed by atoms with E-state index in [9.17, 15) is 0 Å². The number of benzene rings is 3. The summed E-state index contributed by atoms with van der Waals surface area (Å²) in [6, 6.07) is 25.1. The fourth-order valence-electron chi connectivity index (χ4n) is 3.28. The Morgan fingerprint density at radius 1 is 0.880 bits per heavy atom. The first-order valence-corrected chi connectivity index (χ1v) is 8.79. The van der Waals surface area contributed by atoms with Crippen LogP contribution in [0.4, 0.5) is 11.4 Å². The van der Waals surface area contributed by atoms with Gasteiger partial charge in [-0.1, -0.05) is 61.5 Å². The summed E-state index contributed by atoms with van der Waals surface area (Å²) in [7, 11) is 0. The quantitative estimate of drug-likeness (QED) is 0.487. The minimum Gasteiger partial charge on any atom is -0.453 e. The average molecular weight is 330 g/mol. The standard InChI is InChI=1S/C22H22N2O/c1-2-18(23-15-16-9-4-3-5-10-16)17-11-8-14-21-22(17)24-19-12-6-7-13-20(19)25-21/h3-14,18,23-24H,2,15H2,1H3. The second-order valence-electron chi connectivity index (χ2n) is 6.27. The van der Waals surface area contributed by atoms with Crippen LogP contribution in [0.2, 0.25) is 0 Å². The molecule has 3 heteroatoms. The largest absolute Gasteiger partial charge is 0.453 e. The van der Waals surface area contributed by atoms with Crippen LogP contribution in [0.3, 0.4) is 0 Å². The van der Waals surface area contributed by atoms with Gasteiger partial charge in [-0.25, -0.2) is 0 Å². The van der Waals surface area contributed by atoms with Crippen LogP contribution in [0.1, 0.15) is 30.5 Å². The van der Waals surface area contributed by atoms with Crippen molar-refractivity contribution in [3.63, 3.8) is 0 Å². The van der Waals surface area contributed by atoms with Crippen molar-refractivity contribution in [3.8, 4) is 11.5 Å². The molecular formula is C22H22N2O. The molecule has 0 bridgehead atoms. The molecule has 0 saturated heterocycles. The number of nitrogens with one attached hydrogen (secondary N) is 2. The van der Waals surface area contributed by atoms with Gasteiger partial charge in [0.2, 0.25) is 0 Å². The molecule has 3 nitrogen and oxygen atoms in total. The average Bonchev–Trinajstić information content (AvgIpc) is 2.68. The van der Waals surface area contributed by atoms with Gasteiger partial charge in [0, 0.05) is 12.6 Å². The lowest BCUT2D eigenvalue weighted by molar-refractivity contribution is 0.474. The maximum atomic E-state index is 6.09. The number of hydrogen-bond acceptors (Lipinski definition) is 3. The molecule has 0 saturated carbocycles. The van der Waals surface area contributed by atoms with Crippen LogP contribution in [0.15, 0.2) is 72.8 Å². The fraction of sp³-hybridized carbons (Fsp3) is 0.182. The lowest BCUT2D eigenvalue weighted by Crippen LogP contribution is -2.21. The van der Waals surface area contributed by atoms with E-state index >= 15 is 0 Å². The highest BCUT2D eigenvalue weighted by atomic mass is 16.5. The van der Waals surface area contributed by atoms with Crippen LogP contribution in [-0.2, 0) is 6.54 Å². The van der Waals surface area contributed by atoms with Gasteiger partial charge in [-0.05, 0) is 35.7 Å². The minimum absolute atomic E-state index is 0.261. The third kappa shape index (κ3) is 3.24. The third-order valence-corrected chi connectivity index (χ3v) is 4.60. The van der Waals surface area contributed by atoms with Gasteiger partial charge < -0.3 is 15.4 Å². The Morgan fingerprint density at radius 2 is 1.64 bits per heavy atom. The van der Waals surface area contributed by atoms with Gasteiger partial charge in [-0.3, -0.25) is 0 Å². The molecular weight excluding hydrogens is 308 g/mol. The summed E-state index contributed by atoms with van der Waals surface area (Å²) in [6.45, 7) is 3.06. The molecule has 1 heterocycles. The van der Waals surface area contributed by atoms with E-state index in [0.29, 0.717) is 0 Å². The van der Waals surface area contributed by atoms with Gasteiger partial charge in [0.15, 0.2) is 11.5 Å². The zero-order valence-electron chi connectivity index (χ0n) is 14.3. The first kappa shape index (κ1) is 15.7. The predicted molar refractivity (Wildman–Crippen MR) is 103 cm³/mol. The molecule has 1 atom stereocenters. The van der Waals surface area contributed by atoms with E-state index in [-0.39, 0.29) is 6.04 Å². The highest BCUT2D eigenvalue weighted by Crippen LogP contribution is 2.45. The van der Waals surface area contributed by atoms with E-state index in [0.717, 1.165) is 35.8 Å². The summed E-state index contributed by atoms with van der Waals surface area (Å²) in [4.78, 5) is 0. The highest BCUT2D eigenvalue weighted by Gasteiger charge is 2.22. The van der Waals surface area contributed by atoms with Crippen molar-refractivity contribution in [2.45, 2.75) is 25.9 Å². The third-order valence-electron chi connectivity index (χ3n) is 4.60. The van der Waals surface area contributed by atoms with Crippen LogP contribution < -0.4 is 15.4 Å². The molecule has 1 unspecified atom stereocenters. The van der Waals surface area contributed by atoms with Gasteiger partial charge >= 0.3 is 0 Å². The predicted octanol–water partition coefficient (Wildman–Crippen LogP) is 5.78. The fourth-order valence-corrected chi connectivity index (χ4v) is 3.28. The summed E-state index contributed by atoms with van der Waals surface area (Å²) in [6.07, 6.45) is 1.01. The molecule has 0 aliphatic carbocycles. The van der Waals surface area contributed by atoms with E-state index in [1.807, 2.05) is 36.4 Å². The molecule has 2 N–H and O–H groups in total. The second-order valence-corrected chi connectivity index (χ2v) is 6.27. The normalized spacial score (nSPS) is 13.2. The maximum Gasteiger partial charge on any atom is 0.151 e. The Morgan fingerprint density at radius 3 is 2.48 bits per heavy atom. The smallest absolute Gasteiger partial charge is 0.151 e. The molecule has 0 spiro atoms. The van der Waals surface area contributed by atoms with Crippen LogP contribution in [0, 0.1) is 0 Å². The molecule has 3 aromatic carbocycles. The zero-order chi connectivity index (χ0) is 17.1. The van der Waals surface area contributed by atoms with E-state index in [2.05, 4.69) is 54.0 Å². The van der Waals surface area contributed by atoms with E-state index in [1.54, 1.807) is 0 Å². The number of rotatable bonds is 5. The summed E-state index contributed by atoms with van der Waals surface area (Å²) in [5, 5.41) is 7.24. The Bertz CT molecular complexity index is 861. The lowest BCUT2D eigenvalue weighted by atomic mass is 10.00. The van der Waals surface area contributed by atoms with Crippen LogP contribution >= 0.6 is 0 Å². The highest BCUT2D eigenvalue weighted by molar-refractivity contribution is 5.78. The van der Waals surface area contributed by atoms with E-state index in [1.165, 1.54) is 11.1 Å². The Balaban J connectivity index is 1.60. The van der Waals surface area contributed by atoms with Crippen molar-refractivity contribution in [3.05, 3.63) is 83.9 Å². The molecule has 126 valence electrons. The molecule has 25 heavy (non-hydrogen) atoms. The molecule has 3 aromatic rings. The van der Waals surface area contributed by atoms with Gasteiger partial charge in [-0.2, -0.15) is 0 Å². The summed E-state index contributed by atoms with van der Waals surface area (Å²) < 4.78 is 6.09. The second kappa shape index (κ2) is 6.99. The SMILES string of the molecule is CCC(NCc1ccccc1)c1cccc2c1Nc1ccccc1O2. The maximum absolute atomic E-state index is 6.09. The Kier molecular flexibility index (Phi) is 4.40. The minimum atomic E-state index is 0.261. The molecule has 0 amide bonds. The Labute approximate surface area is 148 Å². The molecule has 0 radical (unpaired) electrons. The van der Waals surface area contributed by atoms with Crippen LogP contribution in [-0.4, -0.2) is 0 Å². The van der Waals surface area contributed by atoms with E-state index in [4.69, 9.17) is 4.74 Å². The van der Waals surface area contributed by atoms with Crippen molar-refractivity contribution in [1.82, 2.24) is 5.32 Å². The monoisotopic (exact) mass is 330 g/mol. The first-order valence-electron chi connectivity index (χ1n) is 8.79. The van der Waals surface area contributed by atoms with Crippen molar-refractivity contribution in [2.75, 3.05) is 5.32 Å². The topological polar surface area (TPSA) is 33.3 Å². The van der Waals surface area contributed by atoms with Crippen molar-refractivity contribution >= 4 is 11.4 Å². The molecule has 1 aliphatic rings. The summed E-state index contributed by atoms with van der Waals surface area (Å²) >= 11 is 0. The zero-order valence-corrected chi connectivity index (χ0v) is 14.3. The van der Waals surface area contributed by atoms with Crippen molar-refractivity contribution in [2.24, 2.45) is 0 Å². The number of para-hydroxylation sites is 3. The summed E-state index contributed by atoms with van der Waals surface area (Å²) in [5.41, 5.74) is 4.61. The van der Waals surface area contributed by atoms with Gasteiger partial charge in [0.1, 0.15) is 0 Å². The molecule has 0 aromatic heterocycles. The van der Waals surface area contributed by atoms with Gasteiger partial charge in [0.25, 0.3) is 0 Å². The number of ether oxygens (including phenoxy) is 1. The van der Waals surface area contributed by atoms with E-state index < -0.39 is 0 Å². The van der Waals surface area contributed by atoms with Crippen molar-refractivity contribution < 1.29 is 4.74 Å². The molecule has 1 aliphatic heterocycles. The van der Waals surface area contributed by atoms with Crippen LogP contribution in [0.25, 0.3) is 0 Å². The Hall–Kier alpha value is -2.78. The summed E-state index contributed by atoms with van der Waals surface area (Å²) in [5.74, 6) is 1.76. The number of anilines is 2. The van der Waals surface area contributed by atoms with Gasteiger partial charge in [-0.15, -0.1) is 0 Å². The van der Waals surface area contributed by atoms with Gasteiger partial charge in [0.05, 0.1) is 11.4 Å².